The van der Waals surface area contributed by atoms with Gasteiger partial charge in [-0.25, -0.2) is 9.78 Å². The molecule has 0 saturated carbocycles. The second kappa shape index (κ2) is 9.59. The van der Waals surface area contributed by atoms with Crippen molar-refractivity contribution < 1.29 is 19.0 Å². The van der Waals surface area contributed by atoms with Gasteiger partial charge in [-0.1, -0.05) is 36.4 Å². The van der Waals surface area contributed by atoms with Gasteiger partial charge in [-0.3, -0.25) is 0 Å². The molecular formula is C23H24N2O4. The number of aromatic nitrogens is 2. The summed E-state index contributed by atoms with van der Waals surface area (Å²) in [5.74, 6) is 1.31. The Bertz CT molecular complexity index is 993. The van der Waals surface area contributed by atoms with E-state index < -0.39 is 5.97 Å². The van der Waals surface area contributed by atoms with E-state index >= 15 is 0 Å². The van der Waals surface area contributed by atoms with Crippen molar-refractivity contribution in [2.24, 2.45) is 0 Å². The molecule has 1 aromatic heterocycles. The molecule has 2 aromatic carbocycles. The lowest BCUT2D eigenvalue weighted by molar-refractivity contribution is -0.136. The SMILES string of the molecule is CCOC(=O)/C(=C\c1ccc(OC)c(OC)c1)c1nccn1Cc1ccccc1. The van der Waals surface area contributed by atoms with Crippen molar-refractivity contribution in [3.05, 3.63) is 77.9 Å². The van der Waals surface area contributed by atoms with Gasteiger partial charge in [0.15, 0.2) is 11.5 Å². The molecule has 0 amide bonds. The summed E-state index contributed by atoms with van der Waals surface area (Å²) in [4.78, 5) is 17.2. The first-order chi connectivity index (χ1) is 14.2. The van der Waals surface area contributed by atoms with Gasteiger partial charge in [-0.15, -0.1) is 0 Å². The van der Waals surface area contributed by atoms with Gasteiger partial charge < -0.3 is 18.8 Å². The Morgan fingerprint density at radius 2 is 1.83 bits per heavy atom. The van der Waals surface area contributed by atoms with Gasteiger partial charge in [-0.2, -0.15) is 0 Å². The van der Waals surface area contributed by atoms with Crippen LogP contribution in [0, 0.1) is 0 Å². The zero-order valence-electron chi connectivity index (χ0n) is 16.8. The first-order valence-electron chi connectivity index (χ1n) is 9.32. The molecule has 6 nitrogen and oxygen atoms in total. The van der Waals surface area contributed by atoms with Gasteiger partial charge in [0, 0.05) is 18.9 Å². The number of esters is 1. The highest BCUT2D eigenvalue weighted by Gasteiger charge is 2.19. The van der Waals surface area contributed by atoms with Crippen molar-refractivity contribution in [2.75, 3.05) is 20.8 Å². The molecule has 0 aliphatic rings. The van der Waals surface area contributed by atoms with E-state index in [1.807, 2.05) is 53.2 Å². The summed E-state index contributed by atoms with van der Waals surface area (Å²) in [5, 5.41) is 0. The molecule has 0 aliphatic heterocycles. The van der Waals surface area contributed by atoms with Crippen LogP contribution in [0.15, 0.2) is 60.9 Å². The van der Waals surface area contributed by atoms with Gasteiger partial charge in [-0.05, 0) is 36.3 Å². The van der Waals surface area contributed by atoms with E-state index in [0.29, 0.717) is 29.4 Å². The highest BCUT2D eigenvalue weighted by molar-refractivity contribution is 6.20. The third-order valence-electron chi connectivity index (χ3n) is 4.37. The summed E-state index contributed by atoms with van der Waals surface area (Å²) in [5.41, 5.74) is 2.26. The predicted octanol–water partition coefficient (Wildman–Crippen LogP) is 4.05. The zero-order chi connectivity index (χ0) is 20.6. The average molecular weight is 392 g/mol. The van der Waals surface area contributed by atoms with Crippen LogP contribution in [-0.4, -0.2) is 36.3 Å². The van der Waals surface area contributed by atoms with Crippen molar-refractivity contribution in [3.8, 4) is 11.5 Å². The van der Waals surface area contributed by atoms with Crippen LogP contribution in [0.4, 0.5) is 0 Å². The van der Waals surface area contributed by atoms with Crippen molar-refractivity contribution in [3.63, 3.8) is 0 Å². The number of imidazole rings is 1. The van der Waals surface area contributed by atoms with E-state index in [1.165, 1.54) is 0 Å². The number of hydrogen-bond donors (Lipinski definition) is 0. The van der Waals surface area contributed by atoms with E-state index in [4.69, 9.17) is 14.2 Å². The van der Waals surface area contributed by atoms with E-state index in [9.17, 15) is 4.79 Å². The van der Waals surface area contributed by atoms with Crippen LogP contribution in [0.2, 0.25) is 0 Å². The lowest BCUT2D eigenvalue weighted by Crippen LogP contribution is -2.12. The van der Waals surface area contributed by atoms with Crippen LogP contribution in [0.5, 0.6) is 11.5 Å². The summed E-state index contributed by atoms with van der Waals surface area (Å²) in [6, 6.07) is 15.5. The van der Waals surface area contributed by atoms with E-state index in [0.717, 1.165) is 11.1 Å². The Morgan fingerprint density at radius 1 is 1.07 bits per heavy atom. The van der Waals surface area contributed by atoms with Crippen molar-refractivity contribution >= 4 is 17.6 Å². The zero-order valence-corrected chi connectivity index (χ0v) is 16.8. The largest absolute Gasteiger partial charge is 0.493 e. The molecule has 150 valence electrons. The fourth-order valence-electron chi connectivity index (χ4n) is 2.99. The molecule has 0 bridgehead atoms. The maximum Gasteiger partial charge on any atom is 0.341 e. The predicted molar refractivity (Wildman–Crippen MR) is 112 cm³/mol. The second-order valence-electron chi connectivity index (χ2n) is 6.26. The molecule has 0 radical (unpaired) electrons. The Morgan fingerprint density at radius 3 is 2.52 bits per heavy atom. The minimum Gasteiger partial charge on any atom is -0.493 e. The van der Waals surface area contributed by atoms with Crippen LogP contribution in [0.3, 0.4) is 0 Å². The van der Waals surface area contributed by atoms with Gasteiger partial charge in [0.05, 0.1) is 20.8 Å². The highest BCUT2D eigenvalue weighted by atomic mass is 16.5. The maximum atomic E-state index is 12.7. The number of carbonyl (C=O) groups is 1. The number of carbonyl (C=O) groups excluding carboxylic acids is 1. The Balaban J connectivity index is 2.02. The van der Waals surface area contributed by atoms with E-state index in [2.05, 4.69) is 4.98 Å². The molecule has 0 N–H and O–H groups in total. The third-order valence-corrected chi connectivity index (χ3v) is 4.37. The van der Waals surface area contributed by atoms with Crippen molar-refractivity contribution in [1.82, 2.24) is 9.55 Å². The van der Waals surface area contributed by atoms with E-state index in [-0.39, 0.29) is 6.61 Å². The van der Waals surface area contributed by atoms with Crippen molar-refractivity contribution in [1.29, 1.82) is 0 Å². The number of ether oxygens (including phenoxy) is 3. The summed E-state index contributed by atoms with van der Waals surface area (Å²) in [6.07, 6.45) is 5.29. The highest BCUT2D eigenvalue weighted by Crippen LogP contribution is 2.29. The molecule has 0 unspecified atom stereocenters. The standard InChI is InChI=1S/C23H24N2O4/c1-4-29-23(26)19(14-18-10-11-20(27-2)21(15-18)28-3)22-24-12-13-25(22)16-17-8-6-5-7-9-17/h5-15H,4,16H2,1-3H3/b19-14-. The lowest BCUT2D eigenvalue weighted by atomic mass is 10.1. The summed E-state index contributed by atoms with van der Waals surface area (Å²) in [7, 11) is 3.15. The normalized spacial score (nSPS) is 11.2. The number of hydrogen-bond acceptors (Lipinski definition) is 5. The summed E-state index contributed by atoms with van der Waals surface area (Å²) >= 11 is 0. The molecule has 0 aliphatic carbocycles. The molecule has 3 aromatic rings. The van der Waals surface area contributed by atoms with Crippen LogP contribution in [0.25, 0.3) is 11.6 Å². The van der Waals surface area contributed by atoms with Crippen LogP contribution >= 0.6 is 0 Å². The summed E-state index contributed by atoms with van der Waals surface area (Å²) in [6.45, 7) is 2.66. The molecule has 6 heteroatoms. The Labute approximate surface area is 170 Å². The van der Waals surface area contributed by atoms with Crippen LogP contribution in [0.1, 0.15) is 23.9 Å². The molecule has 0 fully saturated rings. The molecular weight excluding hydrogens is 368 g/mol. The van der Waals surface area contributed by atoms with Gasteiger partial charge in [0.2, 0.25) is 0 Å². The first-order valence-corrected chi connectivity index (χ1v) is 9.32. The molecule has 3 rings (SSSR count). The smallest absolute Gasteiger partial charge is 0.341 e. The van der Waals surface area contributed by atoms with Gasteiger partial charge >= 0.3 is 5.97 Å². The minimum atomic E-state index is -0.428. The first kappa shape index (κ1) is 20.2. The minimum absolute atomic E-state index is 0.279. The Kier molecular flexibility index (Phi) is 6.68. The lowest BCUT2D eigenvalue weighted by Gasteiger charge is -2.12. The molecule has 29 heavy (non-hydrogen) atoms. The van der Waals surface area contributed by atoms with E-state index in [1.54, 1.807) is 39.5 Å². The number of nitrogens with zero attached hydrogens (tertiary/aromatic N) is 2. The fraction of sp³-hybridized carbons (Fsp3) is 0.217. The van der Waals surface area contributed by atoms with Gasteiger partial charge in [0.25, 0.3) is 0 Å². The fourth-order valence-corrected chi connectivity index (χ4v) is 2.99. The Hall–Kier alpha value is -3.54. The summed E-state index contributed by atoms with van der Waals surface area (Å²) < 4.78 is 17.9. The quantitative estimate of drug-likeness (QED) is 0.427. The number of benzene rings is 2. The van der Waals surface area contributed by atoms with Crippen molar-refractivity contribution in [2.45, 2.75) is 13.5 Å². The topological polar surface area (TPSA) is 62.6 Å². The average Bonchev–Trinajstić information content (AvgIpc) is 3.20. The maximum absolute atomic E-state index is 12.7. The van der Waals surface area contributed by atoms with Crippen LogP contribution < -0.4 is 9.47 Å². The third kappa shape index (κ3) is 4.85. The van der Waals surface area contributed by atoms with Crippen LogP contribution in [-0.2, 0) is 16.1 Å². The van der Waals surface area contributed by atoms with Gasteiger partial charge in [0.1, 0.15) is 11.4 Å². The second-order valence-corrected chi connectivity index (χ2v) is 6.26. The molecule has 0 saturated heterocycles. The molecule has 0 atom stereocenters. The number of methoxy groups -OCH3 is 2. The monoisotopic (exact) mass is 392 g/mol. The number of rotatable bonds is 8. The molecule has 0 spiro atoms. The molecule has 1 heterocycles.